The van der Waals surface area contributed by atoms with E-state index >= 15 is 0 Å². The van der Waals surface area contributed by atoms with Gasteiger partial charge in [0.2, 0.25) is 0 Å². The van der Waals surface area contributed by atoms with E-state index < -0.39 is 0 Å². The van der Waals surface area contributed by atoms with Gasteiger partial charge in [0.25, 0.3) is 5.91 Å². The van der Waals surface area contributed by atoms with E-state index in [9.17, 15) is 9.59 Å². The molecule has 3 aromatic carbocycles. The van der Waals surface area contributed by atoms with Gasteiger partial charge in [-0.25, -0.2) is 0 Å². The number of hydrogen-bond acceptors (Lipinski definition) is 4. The molecule has 0 saturated heterocycles. The first-order chi connectivity index (χ1) is 13.7. The van der Waals surface area contributed by atoms with Crippen molar-refractivity contribution in [2.24, 2.45) is 0 Å². The fraction of sp³-hybridized carbons (Fsp3) is 0.217. The molecule has 0 fully saturated rings. The van der Waals surface area contributed by atoms with Crippen molar-refractivity contribution in [2.75, 3.05) is 31.6 Å². The Morgan fingerprint density at radius 2 is 1.79 bits per heavy atom. The first kappa shape index (κ1) is 19.4. The maximum absolute atomic E-state index is 12.1. The fourth-order valence-corrected chi connectivity index (χ4v) is 3.07. The fourth-order valence-electron chi connectivity index (χ4n) is 3.07. The normalized spacial score (nSPS) is 10.5. The maximum atomic E-state index is 12.1. The number of benzene rings is 3. The highest BCUT2D eigenvalue weighted by atomic mass is 16.5. The maximum Gasteiger partial charge on any atom is 0.257 e. The van der Waals surface area contributed by atoms with Gasteiger partial charge in [-0.05, 0) is 35.4 Å². The summed E-state index contributed by atoms with van der Waals surface area (Å²) in [5.74, 6) is 0.222. The van der Waals surface area contributed by atoms with Crippen LogP contribution in [0.25, 0.3) is 10.8 Å². The number of aldehydes is 1. The SMILES string of the molecule is CN(CCCNC(=O)COc1ccc2ccccc2c1C=O)c1ccccc1. The lowest BCUT2D eigenvalue weighted by atomic mass is 10.0. The summed E-state index contributed by atoms with van der Waals surface area (Å²) < 4.78 is 5.59. The molecule has 3 rings (SSSR count). The molecular formula is C23H24N2O3. The molecule has 28 heavy (non-hydrogen) atoms. The second kappa shape index (κ2) is 9.55. The van der Waals surface area contributed by atoms with E-state index in [0.717, 1.165) is 35.7 Å². The summed E-state index contributed by atoms with van der Waals surface area (Å²) in [7, 11) is 2.03. The van der Waals surface area contributed by atoms with Gasteiger partial charge < -0.3 is 15.0 Å². The lowest BCUT2D eigenvalue weighted by molar-refractivity contribution is -0.123. The van der Waals surface area contributed by atoms with E-state index in [-0.39, 0.29) is 12.5 Å². The minimum Gasteiger partial charge on any atom is -0.483 e. The number of nitrogens with zero attached hydrogens (tertiary/aromatic N) is 1. The third-order valence-electron chi connectivity index (χ3n) is 4.60. The van der Waals surface area contributed by atoms with Crippen LogP contribution >= 0.6 is 0 Å². The zero-order valence-electron chi connectivity index (χ0n) is 15.9. The van der Waals surface area contributed by atoms with Crippen LogP contribution in [0.5, 0.6) is 5.75 Å². The first-order valence-corrected chi connectivity index (χ1v) is 9.31. The van der Waals surface area contributed by atoms with Gasteiger partial charge in [0, 0.05) is 25.8 Å². The molecule has 0 atom stereocenters. The lowest BCUT2D eigenvalue weighted by Gasteiger charge is -2.19. The zero-order valence-corrected chi connectivity index (χ0v) is 15.9. The molecule has 0 aliphatic rings. The Morgan fingerprint density at radius 3 is 2.57 bits per heavy atom. The highest BCUT2D eigenvalue weighted by Crippen LogP contribution is 2.26. The van der Waals surface area contributed by atoms with Gasteiger partial charge in [-0.2, -0.15) is 0 Å². The second-order valence-corrected chi connectivity index (χ2v) is 6.57. The molecule has 5 heteroatoms. The number of nitrogens with one attached hydrogen (secondary N) is 1. The molecule has 0 aromatic heterocycles. The van der Waals surface area contributed by atoms with Gasteiger partial charge in [-0.15, -0.1) is 0 Å². The van der Waals surface area contributed by atoms with Gasteiger partial charge in [0.1, 0.15) is 5.75 Å². The molecule has 0 radical (unpaired) electrons. The lowest BCUT2D eigenvalue weighted by Crippen LogP contribution is -2.31. The summed E-state index contributed by atoms with van der Waals surface area (Å²) in [6.07, 6.45) is 1.60. The van der Waals surface area contributed by atoms with E-state index in [4.69, 9.17) is 4.74 Å². The van der Waals surface area contributed by atoms with Crippen LogP contribution in [0.1, 0.15) is 16.8 Å². The standard InChI is InChI=1S/C23H24N2O3/c1-25(19-9-3-2-4-10-19)15-7-14-24-23(27)17-28-22-13-12-18-8-5-6-11-20(18)21(22)16-26/h2-6,8-13,16H,7,14-15,17H2,1H3,(H,24,27). The summed E-state index contributed by atoms with van der Waals surface area (Å²) in [5, 5.41) is 4.64. The Balaban J connectivity index is 1.46. The Hall–Kier alpha value is -3.34. The Kier molecular flexibility index (Phi) is 6.63. The highest BCUT2D eigenvalue weighted by Gasteiger charge is 2.10. The number of para-hydroxylation sites is 1. The van der Waals surface area contributed by atoms with Crippen molar-refractivity contribution in [3.8, 4) is 5.75 Å². The molecule has 1 amide bonds. The molecule has 0 heterocycles. The van der Waals surface area contributed by atoms with Crippen LogP contribution in [0.4, 0.5) is 5.69 Å². The van der Waals surface area contributed by atoms with Crippen molar-refractivity contribution in [3.05, 3.63) is 72.3 Å². The van der Waals surface area contributed by atoms with Crippen LogP contribution in [0.2, 0.25) is 0 Å². The topological polar surface area (TPSA) is 58.6 Å². The van der Waals surface area contributed by atoms with Gasteiger partial charge >= 0.3 is 0 Å². The summed E-state index contributed by atoms with van der Waals surface area (Å²) in [4.78, 5) is 25.7. The van der Waals surface area contributed by atoms with E-state index in [1.165, 1.54) is 0 Å². The summed E-state index contributed by atoms with van der Waals surface area (Å²) in [6, 6.07) is 21.3. The molecule has 0 bridgehead atoms. The summed E-state index contributed by atoms with van der Waals surface area (Å²) >= 11 is 0. The van der Waals surface area contributed by atoms with Crippen molar-refractivity contribution < 1.29 is 14.3 Å². The van der Waals surface area contributed by atoms with Crippen LogP contribution < -0.4 is 15.0 Å². The summed E-state index contributed by atoms with van der Waals surface area (Å²) in [5.41, 5.74) is 1.62. The van der Waals surface area contributed by atoms with E-state index in [2.05, 4.69) is 22.3 Å². The van der Waals surface area contributed by atoms with Gasteiger partial charge in [0.15, 0.2) is 12.9 Å². The molecule has 0 aliphatic carbocycles. The van der Waals surface area contributed by atoms with Gasteiger partial charge in [-0.3, -0.25) is 9.59 Å². The molecule has 3 aromatic rings. The smallest absolute Gasteiger partial charge is 0.257 e. The van der Waals surface area contributed by atoms with Crippen molar-refractivity contribution >= 4 is 28.7 Å². The predicted molar refractivity (Wildman–Crippen MR) is 112 cm³/mol. The van der Waals surface area contributed by atoms with E-state index in [0.29, 0.717) is 17.9 Å². The van der Waals surface area contributed by atoms with Crippen LogP contribution in [0.3, 0.4) is 0 Å². The van der Waals surface area contributed by atoms with E-state index in [1.807, 2.05) is 55.6 Å². The molecule has 144 valence electrons. The average molecular weight is 376 g/mol. The third kappa shape index (κ3) is 4.88. The molecular weight excluding hydrogens is 352 g/mol. The van der Waals surface area contributed by atoms with Gasteiger partial charge in [-0.1, -0.05) is 48.5 Å². The minimum atomic E-state index is -0.202. The molecule has 0 spiro atoms. The number of hydrogen-bond donors (Lipinski definition) is 1. The molecule has 0 saturated carbocycles. The molecule has 0 aliphatic heterocycles. The van der Waals surface area contributed by atoms with E-state index in [1.54, 1.807) is 6.07 Å². The number of rotatable bonds is 9. The monoisotopic (exact) mass is 376 g/mol. The number of carbonyl (C=O) groups is 2. The van der Waals surface area contributed by atoms with Crippen molar-refractivity contribution in [1.82, 2.24) is 5.32 Å². The second-order valence-electron chi connectivity index (χ2n) is 6.57. The molecule has 1 N–H and O–H groups in total. The Bertz CT molecular complexity index is 941. The van der Waals surface area contributed by atoms with Crippen molar-refractivity contribution in [1.29, 1.82) is 0 Å². The van der Waals surface area contributed by atoms with Crippen LogP contribution in [0, 0.1) is 0 Å². The first-order valence-electron chi connectivity index (χ1n) is 9.31. The summed E-state index contributed by atoms with van der Waals surface area (Å²) in [6.45, 7) is 1.29. The number of fused-ring (bicyclic) bond motifs is 1. The van der Waals surface area contributed by atoms with Crippen molar-refractivity contribution in [3.63, 3.8) is 0 Å². The van der Waals surface area contributed by atoms with Crippen LogP contribution in [-0.2, 0) is 4.79 Å². The average Bonchev–Trinajstić information content (AvgIpc) is 2.75. The number of amides is 1. The van der Waals surface area contributed by atoms with Crippen LogP contribution in [-0.4, -0.2) is 38.9 Å². The van der Waals surface area contributed by atoms with Crippen molar-refractivity contribution in [2.45, 2.75) is 6.42 Å². The largest absolute Gasteiger partial charge is 0.483 e. The zero-order chi connectivity index (χ0) is 19.8. The number of ether oxygens (including phenoxy) is 1. The number of carbonyl (C=O) groups excluding carboxylic acids is 2. The highest BCUT2D eigenvalue weighted by molar-refractivity contribution is 6.00. The number of anilines is 1. The van der Waals surface area contributed by atoms with Gasteiger partial charge in [0.05, 0.1) is 5.56 Å². The predicted octanol–water partition coefficient (Wildman–Crippen LogP) is 3.67. The molecule has 0 unspecified atom stereocenters. The Labute approximate surface area is 164 Å². The quantitative estimate of drug-likeness (QED) is 0.457. The minimum absolute atomic E-state index is 0.117. The Morgan fingerprint density at radius 1 is 1.04 bits per heavy atom. The van der Waals surface area contributed by atoms with Crippen LogP contribution in [0.15, 0.2) is 66.7 Å². The molecule has 5 nitrogen and oxygen atoms in total. The third-order valence-corrected chi connectivity index (χ3v) is 4.60.